The van der Waals surface area contributed by atoms with Crippen molar-refractivity contribution in [3.63, 3.8) is 0 Å². The highest BCUT2D eigenvalue weighted by Gasteiger charge is 2.30. The van der Waals surface area contributed by atoms with Gasteiger partial charge in [-0.3, -0.25) is 0 Å². The number of hydrogen-bond acceptors (Lipinski definition) is 3. The largest absolute Gasteiger partial charge is 0.478 e. The Kier molecular flexibility index (Phi) is 3.06. The average molecular weight is 319 g/mol. The van der Waals surface area contributed by atoms with E-state index in [0.29, 0.717) is 11.5 Å². The van der Waals surface area contributed by atoms with Gasteiger partial charge >= 0.3 is 5.97 Å². The van der Waals surface area contributed by atoms with Gasteiger partial charge in [0.15, 0.2) is 5.82 Å². The minimum absolute atomic E-state index is 0.225. The number of halogens is 1. The average Bonchev–Trinajstić information content (AvgIpc) is 3.23. The van der Waals surface area contributed by atoms with Gasteiger partial charge in [0.2, 0.25) is 0 Å². The Balaban J connectivity index is 2.05. The van der Waals surface area contributed by atoms with E-state index in [0.717, 1.165) is 22.9 Å². The van der Waals surface area contributed by atoms with Gasteiger partial charge in [-0.15, -0.1) is 0 Å². The Labute approximate surface area is 118 Å². The number of aromatic carboxylic acids is 1. The van der Waals surface area contributed by atoms with Crippen molar-refractivity contribution in [1.29, 1.82) is 0 Å². The van der Waals surface area contributed by atoms with Crippen LogP contribution in [0, 0.1) is 0 Å². The highest BCUT2D eigenvalue weighted by Crippen LogP contribution is 2.41. The van der Waals surface area contributed by atoms with Crippen molar-refractivity contribution < 1.29 is 9.90 Å². The summed E-state index contributed by atoms with van der Waals surface area (Å²) >= 11 is 3.38. The Morgan fingerprint density at radius 3 is 2.53 bits per heavy atom. The fourth-order valence-electron chi connectivity index (χ4n) is 1.97. The molecule has 0 bridgehead atoms. The predicted molar refractivity (Wildman–Crippen MR) is 74.1 cm³/mol. The molecular weight excluding hydrogens is 308 g/mol. The van der Waals surface area contributed by atoms with E-state index >= 15 is 0 Å². The molecule has 1 fully saturated rings. The molecule has 1 N–H and O–H groups in total. The molecule has 0 spiro atoms. The highest BCUT2D eigenvalue weighted by molar-refractivity contribution is 9.10. The van der Waals surface area contributed by atoms with E-state index in [1.54, 1.807) is 0 Å². The van der Waals surface area contributed by atoms with Crippen molar-refractivity contribution in [3.05, 3.63) is 46.2 Å². The molecule has 1 heterocycles. The topological polar surface area (TPSA) is 63.1 Å². The maximum absolute atomic E-state index is 11.2. The molecule has 1 aromatic heterocycles. The number of nitrogens with zero attached hydrogens (tertiary/aromatic N) is 2. The summed E-state index contributed by atoms with van der Waals surface area (Å²) in [5.74, 6) is -0.0908. The third-order valence-corrected chi connectivity index (χ3v) is 3.64. The second-order valence-electron chi connectivity index (χ2n) is 4.58. The Bertz CT molecular complexity index is 636. The summed E-state index contributed by atoms with van der Waals surface area (Å²) < 4.78 is 0.987. The second kappa shape index (κ2) is 4.74. The van der Waals surface area contributed by atoms with Crippen LogP contribution < -0.4 is 0 Å². The van der Waals surface area contributed by atoms with E-state index in [2.05, 4.69) is 25.9 Å². The molecule has 4 nitrogen and oxygen atoms in total. The zero-order valence-electron chi connectivity index (χ0n) is 10.0. The van der Waals surface area contributed by atoms with Gasteiger partial charge in [-0.05, 0) is 25.0 Å². The molecule has 0 saturated heterocycles. The predicted octanol–water partition coefficient (Wildman–Crippen LogP) is 3.48. The summed E-state index contributed by atoms with van der Waals surface area (Å²) in [6, 6.07) is 7.66. The van der Waals surface area contributed by atoms with Crippen LogP contribution in [-0.4, -0.2) is 21.0 Å². The van der Waals surface area contributed by atoms with Crippen molar-refractivity contribution in [3.8, 4) is 11.4 Å². The van der Waals surface area contributed by atoms with E-state index in [1.165, 1.54) is 6.20 Å². The van der Waals surface area contributed by atoms with Crippen molar-refractivity contribution >= 4 is 21.9 Å². The quantitative estimate of drug-likeness (QED) is 0.941. The number of carboxylic acids is 1. The Hall–Kier alpha value is -1.75. The molecule has 19 heavy (non-hydrogen) atoms. The van der Waals surface area contributed by atoms with E-state index in [1.807, 2.05) is 24.3 Å². The molecule has 1 saturated carbocycles. The molecule has 0 atom stereocenters. The van der Waals surface area contributed by atoms with Crippen LogP contribution in [0.1, 0.15) is 34.8 Å². The summed E-state index contributed by atoms with van der Waals surface area (Å²) in [6.45, 7) is 0. The minimum Gasteiger partial charge on any atom is -0.478 e. The molecule has 1 aliphatic rings. The summed E-state index contributed by atoms with van der Waals surface area (Å²) in [7, 11) is 0. The van der Waals surface area contributed by atoms with Crippen LogP contribution >= 0.6 is 15.9 Å². The normalized spacial score (nSPS) is 14.4. The molecule has 0 aliphatic heterocycles. The molecule has 2 aromatic rings. The van der Waals surface area contributed by atoms with Crippen LogP contribution in [0.4, 0.5) is 0 Å². The molecule has 1 aliphatic carbocycles. The van der Waals surface area contributed by atoms with Crippen LogP contribution in [0.2, 0.25) is 0 Å². The first-order valence-corrected chi connectivity index (χ1v) is 6.80. The molecule has 1 aromatic carbocycles. The van der Waals surface area contributed by atoms with Gasteiger partial charge in [-0.2, -0.15) is 0 Å². The Morgan fingerprint density at radius 1 is 1.26 bits per heavy atom. The van der Waals surface area contributed by atoms with Crippen molar-refractivity contribution in [2.45, 2.75) is 18.8 Å². The van der Waals surface area contributed by atoms with E-state index in [-0.39, 0.29) is 11.5 Å². The van der Waals surface area contributed by atoms with Crippen molar-refractivity contribution in [2.75, 3.05) is 0 Å². The fraction of sp³-hybridized carbons (Fsp3) is 0.214. The lowest BCUT2D eigenvalue weighted by Gasteiger charge is -2.06. The van der Waals surface area contributed by atoms with Crippen LogP contribution in [0.15, 0.2) is 34.9 Å². The highest BCUT2D eigenvalue weighted by atomic mass is 79.9. The van der Waals surface area contributed by atoms with Gasteiger partial charge in [0.1, 0.15) is 0 Å². The first-order valence-electron chi connectivity index (χ1n) is 6.01. The smallest absolute Gasteiger partial charge is 0.339 e. The number of aromatic nitrogens is 2. The summed E-state index contributed by atoms with van der Waals surface area (Å²) in [6.07, 6.45) is 3.44. The van der Waals surface area contributed by atoms with Gasteiger partial charge in [0.05, 0.1) is 11.3 Å². The number of benzene rings is 1. The summed E-state index contributed by atoms with van der Waals surface area (Å²) in [5.41, 5.74) is 1.78. The molecule has 3 rings (SSSR count). The van der Waals surface area contributed by atoms with Gasteiger partial charge < -0.3 is 5.11 Å². The Morgan fingerprint density at radius 2 is 1.95 bits per heavy atom. The van der Waals surface area contributed by atoms with Gasteiger partial charge in [-0.1, -0.05) is 28.1 Å². The summed E-state index contributed by atoms with van der Waals surface area (Å²) in [5, 5.41) is 9.15. The number of hydrogen-bond donors (Lipinski definition) is 1. The van der Waals surface area contributed by atoms with Crippen molar-refractivity contribution in [2.24, 2.45) is 0 Å². The van der Waals surface area contributed by atoms with Gasteiger partial charge in [0, 0.05) is 22.2 Å². The lowest BCUT2D eigenvalue weighted by atomic mass is 10.1. The van der Waals surface area contributed by atoms with E-state index in [9.17, 15) is 4.79 Å². The molecule has 0 radical (unpaired) electrons. The third-order valence-electron chi connectivity index (χ3n) is 3.12. The van der Waals surface area contributed by atoms with Crippen molar-refractivity contribution in [1.82, 2.24) is 9.97 Å². The molecular formula is C14H11BrN2O2. The van der Waals surface area contributed by atoms with Crippen LogP contribution in [0.3, 0.4) is 0 Å². The van der Waals surface area contributed by atoms with Crippen LogP contribution in [-0.2, 0) is 0 Å². The SMILES string of the molecule is O=C(O)c1cnc(-c2ccc(Br)cc2)nc1C1CC1. The lowest BCUT2D eigenvalue weighted by Crippen LogP contribution is -2.06. The molecule has 5 heteroatoms. The maximum atomic E-state index is 11.2. The summed E-state index contributed by atoms with van der Waals surface area (Å²) in [4.78, 5) is 19.8. The first kappa shape index (κ1) is 12.3. The molecule has 0 unspecified atom stereocenters. The molecule has 0 amide bonds. The number of rotatable bonds is 3. The first-order chi connectivity index (χ1) is 9.15. The van der Waals surface area contributed by atoms with E-state index in [4.69, 9.17) is 5.11 Å². The standard InChI is InChI=1S/C14H11BrN2O2/c15-10-5-3-9(4-6-10)13-16-7-11(14(18)19)12(17-13)8-1-2-8/h3-8H,1-2H2,(H,18,19). The molecule has 96 valence electrons. The number of carboxylic acid groups (broad SMARTS) is 1. The lowest BCUT2D eigenvalue weighted by molar-refractivity contribution is 0.0694. The minimum atomic E-state index is -0.954. The van der Waals surface area contributed by atoms with E-state index < -0.39 is 5.97 Å². The third kappa shape index (κ3) is 2.51. The van der Waals surface area contributed by atoms with Gasteiger partial charge in [0.25, 0.3) is 0 Å². The zero-order valence-corrected chi connectivity index (χ0v) is 11.6. The maximum Gasteiger partial charge on any atom is 0.339 e. The van der Waals surface area contributed by atoms with Crippen LogP contribution in [0.25, 0.3) is 11.4 Å². The monoisotopic (exact) mass is 318 g/mol. The number of carbonyl (C=O) groups is 1. The fourth-order valence-corrected chi connectivity index (χ4v) is 2.23. The second-order valence-corrected chi connectivity index (χ2v) is 5.49. The zero-order chi connectivity index (χ0) is 13.4. The van der Waals surface area contributed by atoms with Gasteiger partial charge in [-0.25, -0.2) is 14.8 Å². The van der Waals surface area contributed by atoms with Crippen LogP contribution in [0.5, 0.6) is 0 Å².